The average molecular weight is 405 g/mol. The van der Waals surface area contributed by atoms with Crippen molar-refractivity contribution in [3.63, 3.8) is 0 Å². The fourth-order valence-corrected chi connectivity index (χ4v) is 4.64. The second kappa shape index (κ2) is 8.62. The molecule has 0 saturated carbocycles. The summed E-state index contributed by atoms with van der Waals surface area (Å²) < 4.78 is 11.6. The minimum absolute atomic E-state index is 0.0157. The first-order valence-electron chi connectivity index (χ1n) is 10.9. The van der Waals surface area contributed by atoms with E-state index in [1.165, 1.54) is 23.1 Å². The first-order valence-corrected chi connectivity index (χ1v) is 10.9. The summed E-state index contributed by atoms with van der Waals surface area (Å²) in [6.45, 7) is 3.90. The lowest BCUT2D eigenvalue weighted by Gasteiger charge is -2.33. The number of nitrogens with zero attached hydrogens (tertiary/aromatic N) is 1. The van der Waals surface area contributed by atoms with Gasteiger partial charge in [0.05, 0.1) is 25.4 Å². The summed E-state index contributed by atoms with van der Waals surface area (Å²) in [5.74, 6) is 0.0157. The number of hydrogen-bond donors (Lipinski definition) is 1. The van der Waals surface area contributed by atoms with Crippen molar-refractivity contribution in [2.24, 2.45) is 0 Å². The topological polar surface area (TPSA) is 54.7 Å². The summed E-state index contributed by atoms with van der Waals surface area (Å²) in [6.07, 6.45) is 5.56. The fraction of sp³-hybridized carbons (Fsp3) is 0.400. The predicted octanol–water partition coefficient (Wildman–Crippen LogP) is 3.48. The highest BCUT2D eigenvalue weighted by Gasteiger charge is 2.22. The molecule has 5 nitrogen and oxygen atoms in total. The Morgan fingerprint density at radius 1 is 1.13 bits per heavy atom. The number of amides is 1. The zero-order valence-corrected chi connectivity index (χ0v) is 17.2. The minimum Gasteiger partial charge on any atom is -0.464 e. The molecule has 2 aromatic carbocycles. The van der Waals surface area contributed by atoms with Gasteiger partial charge in [-0.15, -0.1) is 0 Å². The van der Waals surface area contributed by atoms with Crippen molar-refractivity contribution in [1.82, 2.24) is 10.2 Å². The van der Waals surface area contributed by atoms with Crippen molar-refractivity contribution >= 4 is 16.9 Å². The van der Waals surface area contributed by atoms with E-state index in [9.17, 15) is 4.79 Å². The van der Waals surface area contributed by atoms with Crippen molar-refractivity contribution in [2.45, 2.75) is 38.3 Å². The van der Waals surface area contributed by atoms with Crippen molar-refractivity contribution in [3.05, 3.63) is 71.0 Å². The fourth-order valence-electron chi connectivity index (χ4n) is 4.64. The molecule has 0 spiro atoms. The Balaban J connectivity index is 1.15. The highest BCUT2D eigenvalue weighted by molar-refractivity contribution is 5.88. The number of fused-ring (bicyclic) bond motifs is 2. The highest BCUT2D eigenvalue weighted by atomic mass is 16.5. The number of furan rings is 1. The van der Waals surface area contributed by atoms with Gasteiger partial charge in [0.25, 0.3) is 0 Å². The zero-order chi connectivity index (χ0) is 20.3. The molecule has 1 saturated heterocycles. The normalized spacial score (nSPS) is 19.1. The number of carbonyl (C=O) groups excluding carboxylic acids is 1. The maximum atomic E-state index is 12.6. The van der Waals surface area contributed by atoms with Crippen LogP contribution in [0.4, 0.5) is 0 Å². The van der Waals surface area contributed by atoms with Crippen LogP contribution >= 0.6 is 0 Å². The van der Waals surface area contributed by atoms with Crippen LogP contribution in [-0.4, -0.2) is 43.2 Å². The van der Waals surface area contributed by atoms with Gasteiger partial charge in [-0.25, -0.2) is 0 Å². The molecule has 1 atom stereocenters. The summed E-state index contributed by atoms with van der Waals surface area (Å²) in [5.41, 5.74) is 5.96. The number of morpholine rings is 1. The molecule has 1 fully saturated rings. The third kappa shape index (κ3) is 4.27. The zero-order valence-electron chi connectivity index (χ0n) is 17.2. The van der Waals surface area contributed by atoms with E-state index in [-0.39, 0.29) is 12.0 Å². The van der Waals surface area contributed by atoms with Gasteiger partial charge in [0.1, 0.15) is 5.58 Å². The van der Waals surface area contributed by atoms with Crippen LogP contribution in [-0.2, 0) is 35.3 Å². The highest BCUT2D eigenvalue weighted by Crippen LogP contribution is 2.30. The molecule has 30 heavy (non-hydrogen) atoms. The maximum absolute atomic E-state index is 12.6. The first kappa shape index (κ1) is 19.3. The molecule has 1 aliphatic carbocycles. The van der Waals surface area contributed by atoms with Crippen LogP contribution < -0.4 is 5.32 Å². The van der Waals surface area contributed by atoms with Gasteiger partial charge in [0, 0.05) is 37.1 Å². The molecule has 0 unspecified atom stereocenters. The number of rotatable bonds is 6. The maximum Gasteiger partial charge on any atom is 0.224 e. The van der Waals surface area contributed by atoms with Gasteiger partial charge in [-0.05, 0) is 48.1 Å². The number of carbonyl (C=O) groups is 1. The molecule has 1 aliphatic heterocycles. The van der Waals surface area contributed by atoms with E-state index in [1.54, 1.807) is 6.26 Å². The van der Waals surface area contributed by atoms with Crippen molar-refractivity contribution < 1.29 is 13.9 Å². The predicted molar refractivity (Wildman–Crippen MR) is 116 cm³/mol. The number of ether oxygens (including phenoxy) is 1. The van der Waals surface area contributed by atoms with Gasteiger partial charge in [-0.3, -0.25) is 9.69 Å². The number of hydrogen-bond acceptors (Lipinski definition) is 4. The third-order valence-corrected chi connectivity index (χ3v) is 6.22. The van der Waals surface area contributed by atoms with E-state index in [4.69, 9.17) is 9.15 Å². The van der Waals surface area contributed by atoms with Crippen molar-refractivity contribution in [2.75, 3.05) is 26.2 Å². The Kier molecular flexibility index (Phi) is 5.56. The number of nitrogens with one attached hydrogen (secondary N) is 1. The molecule has 0 bridgehead atoms. The molecule has 2 heterocycles. The van der Waals surface area contributed by atoms with Gasteiger partial charge in [0.15, 0.2) is 0 Å². The van der Waals surface area contributed by atoms with Gasteiger partial charge < -0.3 is 14.5 Å². The lowest BCUT2D eigenvalue weighted by molar-refractivity contribution is -0.121. The second-order valence-corrected chi connectivity index (χ2v) is 8.43. The van der Waals surface area contributed by atoms with Crippen molar-refractivity contribution in [1.29, 1.82) is 0 Å². The van der Waals surface area contributed by atoms with Crippen LogP contribution in [0.1, 0.15) is 28.7 Å². The Morgan fingerprint density at radius 2 is 1.97 bits per heavy atom. The monoisotopic (exact) mass is 404 g/mol. The first-order chi connectivity index (χ1) is 14.7. The molecule has 3 aromatic rings. The molecule has 5 heteroatoms. The lowest BCUT2D eigenvalue weighted by atomic mass is 10.0. The number of benzene rings is 2. The van der Waals surface area contributed by atoms with Crippen LogP contribution in [0.5, 0.6) is 0 Å². The number of aryl methyl sites for hydroxylation is 2. The van der Waals surface area contributed by atoms with Crippen LogP contribution in [0.15, 0.2) is 53.1 Å². The van der Waals surface area contributed by atoms with Crippen LogP contribution in [0.25, 0.3) is 11.0 Å². The Morgan fingerprint density at radius 3 is 2.83 bits per heavy atom. The molecule has 2 aliphatic rings. The Hall–Kier alpha value is -2.63. The minimum atomic E-state index is 0.0157. The van der Waals surface area contributed by atoms with Crippen LogP contribution in [0.3, 0.4) is 0 Å². The van der Waals surface area contributed by atoms with Crippen LogP contribution in [0, 0.1) is 0 Å². The summed E-state index contributed by atoms with van der Waals surface area (Å²) in [4.78, 5) is 15.0. The summed E-state index contributed by atoms with van der Waals surface area (Å²) in [7, 11) is 0. The Labute approximate surface area is 177 Å². The molecule has 5 rings (SSSR count). The molecule has 1 amide bonds. The molecular weight excluding hydrogens is 376 g/mol. The van der Waals surface area contributed by atoms with E-state index in [1.807, 2.05) is 6.07 Å². The summed E-state index contributed by atoms with van der Waals surface area (Å²) in [6, 6.07) is 14.8. The van der Waals surface area contributed by atoms with E-state index >= 15 is 0 Å². The average Bonchev–Trinajstić information content (AvgIpc) is 3.38. The lowest BCUT2D eigenvalue weighted by Crippen LogP contribution is -2.47. The van der Waals surface area contributed by atoms with E-state index < -0.39 is 0 Å². The molecule has 156 valence electrons. The molecular formula is C25H28N2O3. The van der Waals surface area contributed by atoms with E-state index in [0.717, 1.165) is 49.0 Å². The smallest absolute Gasteiger partial charge is 0.224 e. The van der Waals surface area contributed by atoms with E-state index in [0.29, 0.717) is 19.6 Å². The summed E-state index contributed by atoms with van der Waals surface area (Å²) in [5, 5.41) is 4.14. The molecule has 0 radical (unpaired) electrons. The Bertz CT molecular complexity index is 1030. The molecule has 1 aromatic heterocycles. The van der Waals surface area contributed by atoms with Gasteiger partial charge in [0.2, 0.25) is 5.91 Å². The van der Waals surface area contributed by atoms with Gasteiger partial charge in [-0.2, -0.15) is 0 Å². The van der Waals surface area contributed by atoms with Gasteiger partial charge in [-0.1, -0.05) is 30.3 Å². The molecule has 1 N–H and O–H groups in total. The standard InChI is InChI=1S/C25H28N2O3/c28-25(13-21-17-30-24-12-20-8-4-7-19(20)11-23(21)24)26-14-22-16-27(9-10-29-22)15-18-5-2-1-3-6-18/h1-3,5-6,11-12,17,22H,4,7-10,13-16H2,(H,26,28)/t22-/m0/s1. The van der Waals surface area contributed by atoms with Crippen molar-refractivity contribution in [3.8, 4) is 0 Å². The van der Waals surface area contributed by atoms with Crippen LogP contribution in [0.2, 0.25) is 0 Å². The van der Waals surface area contributed by atoms with Gasteiger partial charge >= 0.3 is 0 Å². The third-order valence-electron chi connectivity index (χ3n) is 6.22. The quantitative estimate of drug-likeness (QED) is 0.683. The second-order valence-electron chi connectivity index (χ2n) is 8.43. The summed E-state index contributed by atoms with van der Waals surface area (Å²) >= 11 is 0. The van der Waals surface area contributed by atoms with E-state index in [2.05, 4.69) is 46.6 Å². The SMILES string of the molecule is O=C(Cc1coc2cc3c(cc12)CCC3)NC[C@H]1CN(Cc2ccccc2)CCO1. The largest absolute Gasteiger partial charge is 0.464 e.